The number of hydrogen-bond donors (Lipinski definition) is 1. The molecule has 0 aliphatic carbocycles. The molecule has 2 unspecified atom stereocenters. The Labute approximate surface area is 210 Å². The highest BCUT2D eigenvalue weighted by molar-refractivity contribution is 7.92. The van der Waals surface area contributed by atoms with E-state index in [1.165, 1.54) is 12.7 Å². The van der Waals surface area contributed by atoms with E-state index in [0.717, 1.165) is 34.5 Å². The molecule has 36 heavy (non-hydrogen) atoms. The molecule has 1 heterocycles. The van der Waals surface area contributed by atoms with Crippen LogP contribution in [0.2, 0.25) is 0 Å². The lowest BCUT2D eigenvalue weighted by molar-refractivity contribution is -0.137. The Morgan fingerprint density at radius 1 is 1.25 bits per heavy atom. The fourth-order valence-electron chi connectivity index (χ4n) is 4.09. The van der Waals surface area contributed by atoms with Gasteiger partial charge in [0, 0.05) is 13.5 Å². The maximum absolute atomic E-state index is 13.7. The number of alkyl halides is 3. The fourth-order valence-corrected chi connectivity index (χ4v) is 5.64. The molecule has 10 heteroatoms. The van der Waals surface area contributed by atoms with Gasteiger partial charge in [0.1, 0.15) is 11.9 Å². The maximum atomic E-state index is 13.7. The SMILES string of the molecule is CCC(=Cc1ccc2c(c1)N(S(=O)(=O)c1cccc(C(F)(F)F)c1)CC(CCC(O)OC)O2)C(C)C. The summed E-state index contributed by atoms with van der Waals surface area (Å²) in [5.41, 5.74) is 1.15. The maximum Gasteiger partial charge on any atom is 0.416 e. The Hall–Kier alpha value is -2.56. The van der Waals surface area contributed by atoms with Crippen molar-refractivity contribution in [1.82, 2.24) is 0 Å². The van der Waals surface area contributed by atoms with Gasteiger partial charge in [-0.3, -0.25) is 4.31 Å². The monoisotopic (exact) mass is 527 g/mol. The molecule has 6 nitrogen and oxygen atoms in total. The van der Waals surface area contributed by atoms with E-state index in [1.54, 1.807) is 12.1 Å². The van der Waals surface area contributed by atoms with Gasteiger partial charge in [-0.1, -0.05) is 44.6 Å². The van der Waals surface area contributed by atoms with Crippen LogP contribution in [-0.2, 0) is 20.9 Å². The normalized spacial score (nSPS) is 17.6. The van der Waals surface area contributed by atoms with Crippen LogP contribution in [-0.4, -0.2) is 39.6 Å². The van der Waals surface area contributed by atoms with E-state index in [1.807, 2.05) is 19.1 Å². The Balaban J connectivity index is 2.08. The Kier molecular flexibility index (Phi) is 8.74. The number of sulfonamides is 1. The summed E-state index contributed by atoms with van der Waals surface area (Å²) in [5.74, 6) is 0.595. The highest BCUT2D eigenvalue weighted by Crippen LogP contribution is 2.40. The molecule has 0 radical (unpaired) electrons. The second kappa shape index (κ2) is 11.2. The summed E-state index contributed by atoms with van der Waals surface area (Å²) in [5, 5.41) is 9.76. The molecule has 2 aromatic rings. The van der Waals surface area contributed by atoms with Crippen molar-refractivity contribution in [2.45, 2.75) is 63.5 Å². The van der Waals surface area contributed by atoms with Gasteiger partial charge in [-0.05, 0) is 54.7 Å². The first-order valence-electron chi connectivity index (χ1n) is 11.8. The molecule has 0 saturated carbocycles. The molecule has 0 aromatic heterocycles. The predicted octanol–water partition coefficient (Wildman–Crippen LogP) is 5.86. The molecular formula is C26H32F3NO5S. The molecule has 1 N–H and O–H groups in total. The number of hydrogen-bond acceptors (Lipinski definition) is 5. The number of ether oxygens (including phenoxy) is 2. The summed E-state index contributed by atoms with van der Waals surface area (Å²) in [7, 11) is -3.01. The number of methoxy groups -OCH3 is 1. The quantitative estimate of drug-likeness (QED) is 0.414. The van der Waals surface area contributed by atoms with Gasteiger partial charge < -0.3 is 14.6 Å². The zero-order chi connectivity index (χ0) is 26.7. The summed E-state index contributed by atoms with van der Waals surface area (Å²) >= 11 is 0. The van der Waals surface area contributed by atoms with Crippen LogP contribution in [0.4, 0.5) is 18.9 Å². The number of anilines is 1. The van der Waals surface area contributed by atoms with Gasteiger partial charge in [0.25, 0.3) is 10.0 Å². The summed E-state index contributed by atoms with van der Waals surface area (Å²) < 4.78 is 79.3. The molecule has 0 fully saturated rings. The third kappa shape index (κ3) is 6.41. The average Bonchev–Trinajstić information content (AvgIpc) is 2.84. The van der Waals surface area contributed by atoms with Gasteiger partial charge in [-0.15, -0.1) is 0 Å². The number of benzene rings is 2. The highest BCUT2D eigenvalue weighted by atomic mass is 32.2. The van der Waals surface area contributed by atoms with Crippen molar-refractivity contribution in [3.8, 4) is 5.75 Å². The molecule has 3 rings (SSSR count). The lowest BCUT2D eigenvalue weighted by Crippen LogP contribution is -2.44. The molecular weight excluding hydrogens is 495 g/mol. The van der Waals surface area contributed by atoms with Gasteiger partial charge in [0.05, 0.1) is 22.7 Å². The minimum Gasteiger partial charge on any atom is -0.486 e. The second-order valence-corrected chi connectivity index (χ2v) is 10.9. The van der Waals surface area contributed by atoms with E-state index in [4.69, 9.17) is 9.47 Å². The number of nitrogens with zero attached hydrogens (tertiary/aromatic N) is 1. The summed E-state index contributed by atoms with van der Waals surface area (Å²) in [6.07, 6.45) is -3.08. The van der Waals surface area contributed by atoms with Crippen LogP contribution in [0.25, 0.3) is 6.08 Å². The first-order chi connectivity index (χ1) is 16.9. The van der Waals surface area contributed by atoms with Crippen LogP contribution in [0, 0.1) is 5.92 Å². The van der Waals surface area contributed by atoms with E-state index < -0.39 is 39.1 Å². The molecule has 0 spiro atoms. The Bertz CT molecular complexity index is 1190. The first-order valence-corrected chi connectivity index (χ1v) is 13.2. The zero-order valence-electron chi connectivity index (χ0n) is 20.7. The van der Waals surface area contributed by atoms with E-state index in [2.05, 4.69) is 13.8 Å². The number of fused-ring (bicyclic) bond motifs is 1. The fraction of sp³-hybridized carbons (Fsp3) is 0.462. The molecule has 0 saturated heterocycles. The van der Waals surface area contributed by atoms with Crippen molar-refractivity contribution in [3.05, 3.63) is 59.2 Å². The van der Waals surface area contributed by atoms with Crippen LogP contribution >= 0.6 is 0 Å². The van der Waals surface area contributed by atoms with Crippen molar-refractivity contribution in [2.24, 2.45) is 5.92 Å². The number of allylic oxidation sites excluding steroid dienone is 1. The van der Waals surface area contributed by atoms with Crippen LogP contribution in [0.5, 0.6) is 5.75 Å². The van der Waals surface area contributed by atoms with Crippen LogP contribution in [0.15, 0.2) is 52.9 Å². The van der Waals surface area contributed by atoms with Gasteiger partial charge in [0.2, 0.25) is 0 Å². The van der Waals surface area contributed by atoms with E-state index in [0.29, 0.717) is 17.7 Å². The molecule has 0 amide bonds. The smallest absolute Gasteiger partial charge is 0.416 e. The lowest BCUT2D eigenvalue weighted by Gasteiger charge is -2.36. The highest BCUT2D eigenvalue weighted by Gasteiger charge is 2.37. The molecule has 198 valence electrons. The topological polar surface area (TPSA) is 76.1 Å². The van der Waals surface area contributed by atoms with E-state index in [-0.39, 0.29) is 25.1 Å². The molecule has 1 aliphatic heterocycles. The minimum atomic E-state index is -4.68. The molecule has 1 aliphatic rings. The lowest BCUT2D eigenvalue weighted by atomic mass is 9.98. The van der Waals surface area contributed by atoms with Crippen molar-refractivity contribution < 1.29 is 36.2 Å². The standard InChI is InChI=1S/C26H32F3NO5S/c1-5-19(17(2)3)13-18-9-11-24-23(14-18)30(16-21(35-24)10-12-25(31)34-4)36(32,33)22-8-6-7-20(15-22)26(27,28)29/h6-9,11,13-15,17,21,25,31H,5,10,12,16H2,1-4H3. The third-order valence-corrected chi connectivity index (χ3v) is 7.95. The van der Waals surface area contributed by atoms with Crippen molar-refractivity contribution >= 4 is 21.8 Å². The van der Waals surface area contributed by atoms with Gasteiger partial charge in [0.15, 0.2) is 6.29 Å². The molecule has 0 bridgehead atoms. The largest absolute Gasteiger partial charge is 0.486 e. The van der Waals surface area contributed by atoms with Crippen LogP contribution in [0.1, 0.15) is 51.2 Å². The zero-order valence-corrected chi connectivity index (χ0v) is 21.6. The number of aliphatic hydroxyl groups excluding tert-OH is 1. The summed E-state index contributed by atoms with van der Waals surface area (Å²) in [6.45, 7) is 6.05. The predicted molar refractivity (Wildman–Crippen MR) is 132 cm³/mol. The molecule has 2 aromatic carbocycles. The Morgan fingerprint density at radius 3 is 2.58 bits per heavy atom. The number of rotatable bonds is 9. The van der Waals surface area contributed by atoms with E-state index in [9.17, 15) is 26.7 Å². The molecule has 2 atom stereocenters. The second-order valence-electron chi connectivity index (χ2n) is 9.02. The first kappa shape index (κ1) is 28.0. The van der Waals surface area contributed by atoms with Crippen molar-refractivity contribution in [3.63, 3.8) is 0 Å². The summed E-state index contributed by atoms with van der Waals surface area (Å²) in [4.78, 5) is -0.460. The average molecular weight is 528 g/mol. The van der Waals surface area contributed by atoms with Crippen LogP contribution < -0.4 is 9.04 Å². The van der Waals surface area contributed by atoms with E-state index >= 15 is 0 Å². The van der Waals surface area contributed by atoms with Gasteiger partial charge >= 0.3 is 6.18 Å². The third-order valence-electron chi connectivity index (χ3n) is 6.17. The Morgan fingerprint density at radius 2 is 1.97 bits per heavy atom. The van der Waals surface area contributed by atoms with Crippen LogP contribution in [0.3, 0.4) is 0 Å². The minimum absolute atomic E-state index is 0.125. The number of halogens is 3. The van der Waals surface area contributed by atoms with Crippen molar-refractivity contribution in [1.29, 1.82) is 0 Å². The summed E-state index contributed by atoms with van der Waals surface area (Å²) in [6, 6.07) is 8.88. The number of aliphatic hydroxyl groups is 1. The van der Waals surface area contributed by atoms with Gasteiger partial charge in [-0.2, -0.15) is 13.2 Å². The van der Waals surface area contributed by atoms with Crippen molar-refractivity contribution in [2.75, 3.05) is 18.0 Å². The van der Waals surface area contributed by atoms with Gasteiger partial charge in [-0.25, -0.2) is 8.42 Å².